The van der Waals surface area contributed by atoms with E-state index in [4.69, 9.17) is 11.6 Å². The molecule has 0 saturated heterocycles. The Morgan fingerprint density at radius 3 is 2.24 bits per heavy atom. The van der Waals surface area contributed by atoms with Crippen molar-refractivity contribution in [1.29, 1.82) is 0 Å². The minimum atomic E-state index is -0.415. The lowest BCUT2D eigenvalue weighted by atomic mass is 9.48. The van der Waals surface area contributed by atoms with Gasteiger partial charge >= 0.3 is 0 Å². The van der Waals surface area contributed by atoms with E-state index in [0.29, 0.717) is 17.0 Å². The van der Waals surface area contributed by atoms with E-state index in [1.807, 2.05) is 0 Å². The highest BCUT2D eigenvalue weighted by Gasteiger charge is 2.53. The summed E-state index contributed by atoms with van der Waals surface area (Å²) in [5, 5.41) is 11.3. The first-order valence-corrected chi connectivity index (χ1v) is 8.54. The molecule has 114 valence electrons. The second kappa shape index (κ2) is 4.96. The van der Waals surface area contributed by atoms with Crippen LogP contribution in [0.4, 0.5) is 4.39 Å². The summed E-state index contributed by atoms with van der Waals surface area (Å²) in [5.74, 6) is 2.13. The lowest BCUT2D eigenvalue weighted by Gasteiger charge is -2.58. The normalized spacial score (nSPS) is 38.7. The Morgan fingerprint density at radius 2 is 1.71 bits per heavy atom. The minimum Gasteiger partial charge on any atom is -0.392 e. The molecule has 21 heavy (non-hydrogen) atoms. The van der Waals surface area contributed by atoms with Crippen molar-refractivity contribution in [2.45, 2.75) is 51.0 Å². The summed E-state index contributed by atoms with van der Waals surface area (Å²) < 4.78 is 14.0. The molecule has 3 heteroatoms. The molecule has 0 heterocycles. The van der Waals surface area contributed by atoms with E-state index < -0.39 is 6.10 Å². The van der Waals surface area contributed by atoms with E-state index in [-0.39, 0.29) is 11.2 Å². The zero-order valence-corrected chi connectivity index (χ0v) is 13.0. The maximum absolute atomic E-state index is 14.0. The van der Waals surface area contributed by atoms with Gasteiger partial charge < -0.3 is 5.11 Å². The Morgan fingerprint density at radius 1 is 1.14 bits per heavy atom. The number of halogens is 2. The quantitative estimate of drug-likeness (QED) is 0.865. The van der Waals surface area contributed by atoms with Crippen LogP contribution in [0.1, 0.15) is 44.1 Å². The third-order valence-electron chi connectivity index (χ3n) is 6.22. The molecule has 5 rings (SSSR count). The molecule has 0 aliphatic heterocycles. The number of hydrogen-bond acceptors (Lipinski definition) is 1. The largest absolute Gasteiger partial charge is 0.392 e. The third-order valence-corrected chi connectivity index (χ3v) is 6.46. The van der Waals surface area contributed by atoms with Gasteiger partial charge in [-0.1, -0.05) is 17.7 Å². The monoisotopic (exact) mass is 308 g/mol. The topological polar surface area (TPSA) is 20.2 Å². The number of aliphatic hydroxyl groups excluding tert-OH is 1. The van der Waals surface area contributed by atoms with Gasteiger partial charge in [-0.3, -0.25) is 0 Å². The average Bonchev–Trinajstić information content (AvgIpc) is 2.40. The van der Waals surface area contributed by atoms with Crippen LogP contribution >= 0.6 is 11.6 Å². The van der Waals surface area contributed by atoms with E-state index in [0.717, 1.165) is 37.0 Å². The second-order valence-corrected chi connectivity index (χ2v) is 8.17. The molecule has 4 bridgehead atoms. The van der Waals surface area contributed by atoms with Crippen LogP contribution in [-0.2, 0) is 6.42 Å². The van der Waals surface area contributed by atoms with Gasteiger partial charge in [0.15, 0.2) is 0 Å². The number of aliphatic hydroxyl groups is 1. The molecule has 4 aliphatic rings. The van der Waals surface area contributed by atoms with Gasteiger partial charge in [0.2, 0.25) is 0 Å². The highest BCUT2D eigenvalue weighted by atomic mass is 35.5. The molecule has 1 nitrogen and oxygen atoms in total. The van der Waals surface area contributed by atoms with E-state index in [1.165, 1.54) is 25.3 Å². The summed E-state index contributed by atoms with van der Waals surface area (Å²) in [6.07, 6.45) is 7.54. The maximum Gasteiger partial charge on any atom is 0.127 e. The molecule has 4 aliphatic carbocycles. The number of benzene rings is 1. The smallest absolute Gasteiger partial charge is 0.127 e. The Kier molecular flexibility index (Phi) is 3.31. The molecule has 1 aromatic rings. The van der Waals surface area contributed by atoms with Crippen molar-refractivity contribution in [3.63, 3.8) is 0 Å². The van der Waals surface area contributed by atoms with Crippen LogP contribution < -0.4 is 0 Å². The number of rotatable bonds is 3. The molecular weight excluding hydrogens is 287 g/mol. The van der Waals surface area contributed by atoms with Crippen molar-refractivity contribution < 1.29 is 9.50 Å². The van der Waals surface area contributed by atoms with Gasteiger partial charge in [0, 0.05) is 11.4 Å². The second-order valence-electron chi connectivity index (χ2n) is 7.74. The Bertz CT molecular complexity index is 521. The Hall–Kier alpha value is -0.600. The first-order chi connectivity index (χ1) is 10.0. The van der Waals surface area contributed by atoms with Gasteiger partial charge in [-0.2, -0.15) is 0 Å². The zero-order valence-electron chi connectivity index (χ0n) is 12.2. The van der Waals surface area contributed by atoms with E-state index >= 15 is 0 Å². The first-order valence-electron chi connectivity index (χ1n) is 8.16. The first kappa shape index (κ1) is 14.0. The molecule has 1 N–H and O–H groups in total. The van der Waals surface area contributed by atoms with Gasteiger partial charge in [0.1, 0.15) is 5.82 Å². The molecule has 4 fully saturated rings. The number of hydrogen-bond donors (Lipinski definition) is 1. The van der Waals surface area contributed by atoms with Crippen LogP contribution in [-0.4, -0.2) is 11.2 Å². The summed E-state index contributed by atoms with van der Waals surface area (Å²) in [4.78, 5) is 0. The molecule has 1 atom stereocenters. The van der Waals surface area contributed by atoms with Crippen LogP contribution in [0.25, 0.3) is 0 Å². The Labute approximate surface area is 130 Å². The fraction of sp³-hybridized carbons (Fsp3) is 0.667. The molecule has 1 aromatic carbocycles. The Balaban J connectivity index is 1.56. The summed E-state index contributed by atoms with van der Waals surface area (Å²) >= 11 is 5.81. The summed E-state index contributed by atoms with van der Waals surface area (Å²) in [6.45, 7) is 0. The maximum atomic E-state index is 14.0. The highest BCUT2D eigenvalue weighted by Crippen LogP contribution is 2.61. The van der Waals surface area contributed by atoms with Crippen molar-refractivity contribution in [2.75, 3.05) is 0 Å². The molecule has 4 saturated carbocycles. The molecule has 0 aromatic heterocycles. The summed E-state index contributed by atoms with van der Waals surface area (Å²) in [6, 6.07) is 4.79. The molecule has 0 radical (unpaired) electrons. The summed E-state index contributed by atoms with van der Waals surface area (Å²) in [7, 11) is 0. The standard InChI is InChI=1S/C18H22ClFO/c19-15-2-1-14(16(20)7-15)6-17(21)18-8-11-3-12(9-18)5-13(4-11)10-18/h1-2,7,11-13,17,21H,3-6,8-10H2. The van der Waals surface area contributed by atoms with Crippen molar-refractivity contribution in [3.8, 4) is 0 Å². The van der Waals surface area contributed by atoms with E-state index in [1.54, 1.807) is 12.1 Å². The molecule has 1 unspecified atom stereocenters. The SMILES string of the molecule is OC(Cc1ccc(Cl)cc1F)C12CC3CC(CC(C3)C1)C2. The zero-order chi connectivity index (χ0) is 14.6. The van der Waals surface area contributed by atoms with Crippen LogP contribution in [0.5, 0.6) is 0 Å². The average molecular weight is 309 g/mol. The molecular formula is C18H22ClFO. The van der Waals surface area contributed by atoms with Gasteiger partial charge in [-0.05, 0) is 79.4 Å². The van der Waals surface area contributed by atoms with Gasteiger partial charge in [0.05, 0.1) is 6.10 Å². The van der Waals surface area contributed by atoms with E-state index in [2.05, 4.69) is 0 Å². The van der Waals surface area contributed by atoms with Gasteiger partial charge in [-0.15, -0.1) is 0 Å². The van der Waals surface area contributed by atoms with Gasteiger partial charge in [-0.25, -0.2) is 4.39 Å². The predicted molar refractivity (Wildman–Crippen MR) is 81.7 cm³/mol. The van der Waals surface area contributed by atoms with Crippen molar-refractivity contribution in [3.05, 3.63) is 34.6 Å². The van der Waals surface area contributed by atoms with E-state index in [9.17, 15) is 9.50 Å². The third kappa shape index (κ3) is 2.41. The molecule has 0 amide bonds. The van der Waals surface area contributed by atoms with Crippen molar-refractivity contribution >= 4 is 11.6 Å². The van der Waals surface area contributed by atoms with Crippen molar-refractivity contribution in [2.24, 2.45) is 23.2 Å². The van der Waals surface area contributed by atoms with Crippen molar-refractivity contribution in [1.82, 2.24) is 0 Å². The van der Waals surface area contributed by atoms with Crippen LogP contribution in [0.15, 0.2) is 18.2 Å². The van der Waals surface area contributed by atoms with Crippen LogP contribution in [0, 0.1) is 29.0 Å². The lowest BCUT2D eigenvalue weighted by molar-refractivity contribution is -0.119. The summed E-state index contributed by atoms with van der Waals surface area (Å²) in [5.41, 5.74) is 0.656. The van der Waals surface area contributed by atoms with Crippen LogP contribution in [0.3, 0.4) is 0 Å². The molecule has 0 spiro atoms. The highest BCUT2D eigenvalue weighted by molar-refractivity contribution is 6.30. The lowest BCUT2D eigenvalue weighted by Crippen LogP contribution is -2.52. The minimum absolute atomic E-state index is 0.0564. The fourth-order valence-corrected chi connectivity index (χ4v) is 5.86. The van der Waals surface area contributed by atoms with Gasteiger partial charge in [0.25, 0.3) is 0 Å². The van der Waals surface area contributed by atoms with Crippen LogP contribution in [0.2, 0.25) is 5.02 Å². The predicted octanol–water partition coefficient (Wildman–Crippen LogP) is 4.60. The fourth-order valence-electron chi connectivity index (χ4n) is 5.70.